The van der Waals surface area contributed by atoms with Crippen LogP contribution in [0.3, 0.4) is 0 Å². The molecule has 0 radical (unpaired) electrons. The number of hydrogen-bond donors (Lipinski definition) is 1. The first-order chi connectivity index (χ1) is 7.47. The number of hydrogen-bond acceptors (Lipinski definition) is 2. The molecule has 96 valence electrons. The first-order valence-electron chi connectivity index (χ1n) is 6.76. The molecule has 0 saturated heterocycles. The Balaban J connectivity index is 2.56. The van der Waals surface area contributed by atoms with Gasteiger partial charge in [0.05, 0.1) is 12.7 Å². The van der Waals surface area contributed by atoms with Crippen LogP contribution < -0.4 is 5.32 Å². The van der Waals surface area contributed by atoms with Crippen LogP contribution in [0.4, 0.5) is 0 Å². The summed E-state index contributed by atoms with van der Waals surface area (Å²) in [4.78, 5) is 0. The van der Waals surface area contributed by atoms with E-state index in [-0.39, 0.29) is 0 Å². The molecule has 16 heavy (non-hydrogen) atoms. The third-order valence-electron chi connectivity index (χ3n) is 4.06. The predicted octanol–water partition coefficient (Wildman–Crippen LogP) is 3.22. The van der Waals surface area contributed by atoms with Gasteiger partial charge in [0, 0.05) is 6.04 Å². The van der Waals surface area contributed by atoms with Crippen LogP contribution in [-0.4, -0.2) is 25.8 Å². The second-order valence-corrected chi connectivity index (χ2v) is 6.12. The molecule has 2 unspecified atom stereocenters. The van der Waals surface area contributed by atoms with Gasteiger partial charge in [-0.15, -0.1) is 0 Å². The van der Waals surface area contributed by atoms with Gasteiger partial charge in [-0.2, -0.15) is 0 Å². The summed E-state index contributed by atoms with van der Waals surface area (Å²) in [5.41, 5.74) is 0.465. The van der Waals surface area contributed by atoms with E-state index in [1.807, 2.05) is 0 Å². The zero-order valence-electron chi connectivity index (χ0n) is 11.7. The van der Waals surface area contributed by atoms with Gasteiger partial charge in [0.2, 0.25) is 0 Å². The summed E-state index contributed by atoms with van der Waals surface area (Å²) in [6, 6.07) is 0.512. The maximum absolute atomic E-state index is 5.78. The first-order valence-corrected chi connectivity index (χ1v) is 6.76. The summed E-state index contributed by atoms with van der Waals surface area (Å²) in [5.74, 6) is 0.755. The molecular weight excluding hydrogens is 198 g/mol. The van der Waals surface area contributed by atoms with Crippen molar-refractivity contribution in [3.63, 3.8) is 0 Å². The van der Waals surface area contributed by atoms with Crippen molar-refractivity contribution in [3.8, 4) is 0 Å². The van der Waals surface area contributed by atoms with Crippen molar-refractivity contribution in [1.29, 1.82) is 0 Å². The average Bonchev–Trinajstić information content (AvgIpc) is 2.20. The Morgan fingerprint density at radius 1 is 1.31 bits per heavy atom. The quantitative estimate of drug-likeness (QED) is 0.778. The highest BCUT2D eigenvalue weighted by atomic mass is 16.5. The summed E-state index contributed by atoms with van der Waals surface area (Å²) in [5, 5.41) is 3.46. The van der Waals surface area contributed by atoms with Crippen LogP contribution in [0.15, 0.2) is 0 Å². The first kappa shape index (κ1) is 14.0. The fourth-order valence-electron chi connectivity index (χ4n) is 2.96. The molecule has 1 fully saturated rings. The lowest BCUT2D eigenvalue weighted by Crippen LogP contribution is -2.46. The van der Waals surface area contributed by atoms with Crippen molar-refractivity contribution in [3.05, 3.63) is 0 Å². The molecule has 2 heteroatoms. The third kappa shape index (κ3) is 3.74. The van der Waals surface area contributed by atoms with Crippen LogP contribution in [-0.2, 0) is 4.74 Å². The Hall–Kier alpha value is -0.0800. The molecule has 2 atom stereocenters. The fourth-order valence-corrected chi connectivity index (χ4v) is 2.96. The van der Waals surface area contributed by atoms with Gasteiger partial charge in [-0.05, 0) is 45.1 Å². The zero-order valence-corrected chi connectivity index (χ0v) is 11.7. The molecule has 1 saturated carbocycles. The normalized spacial score (nSPS) is 27.0. The predicted molar refractivity (Wildman–Crippen MR) is 69.7 cm³/mol. The maximum atomic E-state index is 5.78. The van der Waals surface area contributed by atoms with Crippen LogP contribution in [0.1, 0.15) is 53.4 Å². The largest absolute Gasteiger partial charge is 0.377 e. The van der Waals surface area contributed by atoms with E-state index in [9.17, 15) is 0 Å². The highest BCUT2D eigenvalue weighted by Gasteiger charge is 2.36. The van der Waals surface area contributed by atoms with Gasteiger partial charge in [0.15, 0.2) is 0 Å². The topological polar surface area (TPSA) is 21.3 Å². The minimum absolute atomic E-state index is 0.336. The Morgan fingerprint density at radius 2 is 2.00 bits per heavy atom. The standard InChI is InChI=1S/C14H29NO/c1-11(2)16-10-13(15-5)12-8-6-7-9-14(12,3)4/h11-13,15H,6-10H2,1-5H3. The molecule has 0 aromatic heterocycles. The lowest BCUT2D eigenvalue weighted by atomic mass is 9.66. The molecule has 1 aliphatic carbocycles. The Bertz CT molecular complexity index is 201. The molecule has 1 aliphatic rings. The second-order valence-electron chi connectivity index (χ2n) is 6.12. The van der Waals surface area contributed by atoms with Crippen LogP contribution in [0, 0.1) is 11.3 Å². The number of likely N-dealkylation sites (N-methyl/N-ethyl adjacent to an activating group) is 1. The van der Waals surface area contributed by atoms with E-state index in [1.54, 1.807) is 0 Å². The second kappa shape index (κ2) is 6.02. The highest BCUT2D eigenvalue weighted by Crippen LogP contribution is 2.42. The van der Waals surface area contributed by atoms with Crippen molar-refractivity contribution in [2.75, 3.05) is 13.7 Å². The van der Waals surface area contributed by atoms with Crippen molar-refractivity contribution in [1.82, 2.24) is 5.32 Å². The van der Waals surface area contributed by atoms with E-state index >= 15 is 0 Å². The molecule has 2 nitrogen and oxygen atoms in total. The van der Waals surface area contributed by atoms with Gasteiger partial charge in [0.1, 0.15) is 0 Å². The maximum Gasteiger partial charge on any atom is 0.0625 e. The molecule has 0 aromatic rings. The molecular formula is C14H29NO. The lowest BCUT2D eigenvalue weighted by molar-refractivity contribution is 0.0144. The molecule has 1 rings (SSSR count). The monoisotopic (exact) mass is 227 g/mol. The van der Waals surface area contributed by atoms with Crippen LogP contribution in [0.25, 0.3) is 0 Å². The van der Waals surface area contributed by atoms with E-state index < -0.39 is 0 Å². The lowest BCUT2D eigenvalue weighted by Gasteiger charge is -2.43. The molecule has 0 aliphatic heterocycles. The van der Waals surface area contributed by atoms with E-state index in [2.05, 4.69) is 40.1 Å². The van der Waals surface area contributed by atoms with E-state index in [4.69, 9.17) is 4.74 Å². The van der Waals surface area contributed by atoms with Crippen molar-refractivity contribution in [2.24, 2.45) is 11.3 Å². The van der Waals surface area contributed by atoms with Gasteiger partial charge < -0.3 is 10.1 Å². The van der Waals surface area contributed by atoms with Crippen LogP contribution >= 0.6 is 0 Å². The molecule has 0 amide bonds. The average molecular weight is 227 g/mol. The van der Waals surface area contributed by atoms with Crippen LogP contribution in [0.5, 0.6) is 0 Å². The zero-order chi connectivity index (χ0) is 12.2. The third-order valence-corrected chi connectivity index (χ3v) is 4.06. The molecule has 0 heterocycles. The number of nitrogens with one attached hydrogen (secondary N) is 1. The van der Waals surface area contributed by atoms with Gasteiger partial charge in [-0.3, -0.25) is 0 Å². The summed E-state index contributed by atoms with van der Waals surface area (Å²) in [6.07, 6.45) is 5.82. The summed E-state index contributed by atoms with van der Waals surface area (Å²) in [6.45, 7) is 9.90. The van der Waals surface area contributed by atoms with Crippen molar-refractivity contribution in [2.45, 2.75) is 65.5 Å². The SMILES string of the molecule is CNC(COC(C)C)C1CCCCC1(C)C. The number of ether oxygens (including phenoxy) is 1. The summed E-state index contributed by atoms with van der Waals surface area (Å²) in [7, 11) is 2.07. The van der Waals surface area contributed by atoms with Crippen molar-refractivity contribution < 1.29 is 4.74 Å². The fraction of sp³-hybridized carbons (Fsp3) is 1.00. The van der Waals surface area contributed by atoms with Gasteiger partial charge >= 0.3 is 0 Å². The van der Waals surface area contributed by atoms with Gasteiger partial charge in [-0.25, -0.2) is 0 Å². The molecule has 0 spiro atoms. The van der Waals surface area contributed by atoms with Gasteiger partial charge in [-0.1, -0.05) is 26.7 Å². The number of rotatable bonds is 5. The molecule has 0 aromatic carbocycles. The summed E-state index contributed by atoms with van der Waals surface area (Å²) < 4.78 is 5.78. The van der Waals surface area contributed by atoms with Crippen molar-refractivity contribution >= 4 is 0 Å². The summed E-state index contributed by atoms with van der Waals surface area (Å²) >= 11 is 0. The Labute approximate surface area is 101 Å². The highest BCUT2D eigenvalue weighted by molar-refractivity contribution is 4.89. The smallest absolute Gasteiger partial charge is 0.0625 e. The van der Waals surface area contributed by atoms with Crippen LogP contribution in [0.2, 0.25) is 0 Å². The molecule has 0 bridgehead atoms. The van der Waals surface area contributed by atoms with E-state index in [0.29, 0.717) is 17.6 Å². The minimum Gasteiger partial charge on any atom is -0.377 e. The van der Waals surface area contributed by atoms with E-state index in [0.717, 1.165) is 12.5 Å². The Morgan fingerprint density at radius 3 is 2.50 bits per heavy atom. The van der Waals surface area contributed by atoms with E-state index in [1.165, 1.54) is 25.7 Å². The molecule has 1 N–H and O–H groups in total. The Kier molecular flexibility index (Phi) is 5.26. The van der Waals surface area contributed by atoms with Gasteiger partial charge in [0.25, 0.3) is 0 Å². The minimum atomic E-state index is 0.336.